The summed E-state index contributed by atoms with van der Waals surface area (Å²) < 4.78 is 5.81. The predicted octanol–water partition coefficient (Wildman–Crippen LogP) is 3.73. The quantitative estimate of drug-likeness (QED) is 0.930. The molecule has 0 saturated heterocycles. The van der Waals surface area contributed by atoms with Crippen molar-refractivity contribution in [2.75, 3.05) is 7.11 Å². The van der Waals surface area contributed by atoms with E-state index in [1.807, 2.05) is 12.1 Å². The van der Waals surface area contributed by atoms with Crippen molar-refractivity contribution in [2.24, 2.45) is 0 Å². The number of aliphatic hydroxyl groups excluding tert-OH is 1. The van der Waals surface area contributed by atoms with Gasteiger partial charge in [0.25, 0.3) is 0 Å². The third kappa shape index (κ3) is 2.63. The Morgan fingerprint density at radius 1 is 1.53 bits per heavy atom. The van der Waals surface area contributed by atoms with Crippen LogP contribution < -0.4 is 4.74 Å². The highest BCUT2D eigenvalue weighted by atomic mass is 79.9. The maximum Gasteiger partial charge on any atom is 0.160 e. The average molecular weight is 335 g/mol. The lowest BCUT2D eigenvalue weighted by atomic mass is 10.1. The summed E-state index contributed by atoms with van der Waals surface area (Å²) in [6, 6.07) is 5.38. The van der Waals surface area contributed by atoms with Crippen LogP contribution in [0.25, 0.3) is 11.3 Å². The zero-order valence-corrected chi connectivity index (χ0v) is 12.1. The fourth-order valence-electron chi connectivity index (χ4n) is 1.46. The SMILES string of the molecule is COc1ccc(-c2nc(Br)sc2CO)c(Cl)c1. The van der Waals surface area contributed by atoms with Crippen LogP contribution in [0, 0.1) is 0 Å². The fourth-order valence-corrected chi connectivity index (χ4v) is 3.14. The lowest BCUT2D eigenvalue weighted by molar-refractivity contribution is 0.286. The zero-order valence-electron chi connectivity index (χ0n) is 8.91. The molecule has 2 rings (SSSR count). The van der Waals surface area contributed by atoms with E-state index < -0.39 is 0 Å². The summed E-state index contributed by atoms with van der Waals surface area (Å²) in [5, 5.41) is 9.82. The van der Waals surface area contributed by atoms with Gasteiger partial charge in [-0.1, -0.05) is 11.6 Å². The van der Waals surface area contributed by atoms with Crippen molar-refractivity contribution >= 4 is 38.9 Å². The van der Waals surface area contributed by atoms with Crippen molar-refractivity contribution in [1.29, 1.82) is 0 Å². The second-order valence-corrected chi connectivity index (χ2v) is 6.01. The monoisotopic (exact) mass is 333 g/mol. The van der Waals surface area contributed by atoms with Gasteiger partial charge >= 0.3 is 0 Å². The molecule has 0 amide bonds. The van der Waals surface area contributed by atoms with Crippen LogP contribution in [-0.2, 0) is 6.61 Å². The van der Waals surface area contributed by atoms with Crippen LogP contribution in [-0.4, -0.2) is 17.2 Å². The molecule has 0 fully saturated rings. The second-order valence-electron chi connectivity index (χ2n) is 3.24. The van der Waals surface area contributed by atoms with Crippen LogP contribution in [0.3, 0.4) is 0 Å². The summed E-state index contributed by atoms with van der Waals surface area (Å²) in [7, 11) is 1.59. The Balaban J connectivity index is 2.52. The number of rotatable bonds is 3. The molecule has 0 saturated carbocycles. The van der Waals surface area contributed by atoms with Gasteiger partial charge in [0.05, 0.1) is 29.3 Å². The van der Waals surface area contributed by atoms with E-state index in [2.05, 4.69) is 20.9 Å². The number of aromatic nitrogens is 1. The van der Waals surface area contributed by atoms with Gasteiger partial charge < -0.3 is 9.84 Å². The first-order chi connectivity index (χ1) is 8.15. The standard InChI is InChI=1S/C11H9BrClNO2S/c1-16-6-2-3-7(8(13)4-6)10-9(5-15)17-11(12)14-10/h2-4,15H,5H2,1H3. The Bertz CT molecular complexity index is 544. The minimum atomic E-state index is -0.0546. The maximum absolute atomic E-state index is 9.27. The van der Waals surface area contributed by atoms with E-state index in [0.717, 1.165) is 14.4 Å². The highest BCUT2D eigenvalue weighted by molar-refractivity contribution is 9.11. The third-order valence-corrected chi connectivity index (χ3v) is 4.05. The minimum Gasteiger partial charge on any atom is -0.497 e. The number of halogens is 2. The summed E-state index contributed by atoms with van der Waals surface area (Å²) in [5.74, 6) is 0.693. The number of methoxy groups -OCH3 is 1. The molecular formula is C11H9BrClNO2S. The molecule has 3 nitrogen and oxygen atoms in total. The summed E-state index contributed by atoms with van der Waals surface area (Å²) in [6.45, 7) is -0.0546. The van der Waals surface area contributed by atoms with E-state index in [4.69, 9.17) is 16.3 Å². The molecule has 2 aromatic rings. The number of hydrogen-bond donors (Lipinski definition) is 1. The molecule has 0 radical (unpaired) electrons. The minimum absolute atomic E-state index is 0.0546. The number of aliphatic hydroxyl groups is 1. The van der Waals surface area contributed by atoms with E-state index in [0.29, 0.717) is 16.5 Å². The fraction of sp³-hybridized carbons (Fsp3) is 0.182. The zero-order chi connectivity index (χ0) is 12.4. The Morgan fingerprint density at radius 3 is 2.88 bits per heavy atom. The molecule has 0 aliphatic heterocycles. The number of hydrogen-bond acceptors (Lipinski definition) is 4. The van der Waals surface area contributed by atoms with Gasteiger partial charge in [0.15, 0.2) is 3.92 Å². The topological polar surface area (TPSA) is 42.4 Å². The van der Waals surface area contributed by atoms with Crippen LogP contribution in [0.5, 0.6) is 5.75 Å². The van der Waals surface area contributed by atoms with Gasteiger partial charge in [0.2, 0.25) is 0 Å². The summed E-state index contributed by atoms with van der Waals surface area (Å²) in [5.41, 5.74) is 1.50. The van der Waals surface area contributed by atoms with E-state index in [1.165, 1.54) is 11.3 Å². The van der Waals surface area contributed by atoms with Gasteiger partial charge in [0.1, 0.15) is 5.75 Å². The molecule has 1 aromatic carbocycles. The maximum atomic E-state index is 9.27. The first-order valence-corrected chi connectivity index (χ1v) is 6.74. The first kappa shape index (κ1) is 12.8. The highest BCUT2D eigenvalue weighted by Gasteiger charge is 2.14. The van der Waals surface area contributed by atoms with Crippen molar-refractivity contribution in [3.05, 3.63) is 32.0 Å². The van der Waals surface area contributed by atoms with Crippen LogP contribution >= 0.6 is 38.9 Å². The number of ether oxygens (including phenoxy) is 1. The molecule has 17 heavy (non-hydrogen) atoms. The first-order valence-electron chi connectivity index (χ1n) is 4.75. The Morgan fingerprint density at radius 2 is 2.29 bits per heavy atom. The Kier molecular flexibility index (Phi) is 4.04. The summed E-state index contributed by atoms with van der Waals surface area (Å²) in [4.78, 5) is 5.10. The molecule has 1 heterocycles. The summed E-state index contributed by atoms with van der Waals surface area (Å²) in [6.07, 6.45) is 0. The lowest BCUT2D eigenvalue weighted by Gasteiger charge is -2.05. The predicted molar refractivity (Wildman–Crippen MR) is 72.7 cm³/mol. The summed E-state index contributed by atoms with van der Waals surface area (Å²) >= 11 is 10.9. The second kappa shape index (κ2) is 5.35. The molecule has 1 N–H and O–H groups in total. The van der Waals surface area contributed by atoms with Gasteiger partial charge in [-0.05, 0) is 34.1 Å². The molecule has 0 aliphatic rings. The average Bonchev–Trinajstić information content (AvgIpc) is 2.70. The molecule has 0 spiro atoms. The molecule has 1 aromatic heterocycles. The molecule has 6 heteroatoms. The largest absolute Gasteiger partial charge is 0.497 e. The van der Waals surface area contributed by atoms with Gasteiger partial charge in [-0.15, -0.1) is 11.3 Å². The molecule has 90 valence electrons. The van der Waals surface area contributed by atoms with Crippen molar-refractivity contribution in [1.82, 2.24) is 4.98 Å². The van der Waals surface area contributed by atoms with Gasteiger partial charge in [-0.25, -0.2) is 4.98 Å². The van der Waals surface area contributed by atoms with Gasteiger partial charge in [-0.3, -0.25) is 0 Å². The van der Waals surface area contributed by atoms with Crippen molar-refractivity contribution in [2.45, 2.75) is 6.61 Å². The van der Waals surface area contributed by atoms with Gasteiger partial charge in [0, 0.05) is 5.56 Å². The lowest BCUT2D eigenvalue weighted by Crippen LogP contribution is -1.88. The van der Waals surface area contributed by atoms with Crippen molar-refractivity contribution in [3.8, 4) is 17.0 Å². The number of thiazole rings is 1. The van der Waals surface area contributed by atoms with Crippen molar-refractivity contribution < 1.29 is 9.84 Å². The number of benzene rings is 1. The van der Waals surface area contributed by atoms with Crippen LogP contribution in [0.2, 0.25) is 5.02 Å². The smallest absolute Gasteiger partial charge is 0.160 e. The van der Waals surface area contributed by atoms with E-state index >= 15 is 0 Å². The normalized spacial score (nSPS) is 10.6. The molecular weight excluding hydrogens is 326 g/mol. The van der Waals surface area contributed by atoms with Crippen molar-refractivity contribution in [3.63, 3.8) is 0 Å². The van der Waals surface area contributed by atoms with Crippen LogP contribution in [0.1, 0.15) is 4.88 Å². The molecule has 0 atom stereocenters. The highest BCUT2D eigenvalue weighted by Crippen LogP contribution is 2.36. The Labute approximate surface area is 116 Å². The van der Waals surface area contributed by atoms with Crippen LogP contribution in [0.4, 0.5) is 0 Å². The van der Waals surface area contributed by atoms with Crippen LogP contribution in [0.15, 0.2) is 22.1 Å². The molecule has 0 bridgehead atoms. The van der Waals surface area contributed by atoms with E-state index in [-0.39, 0.29) is 6.61 Å². The molecule has 0 aliphatic carbocycles. The number of nitrogens with zero attached hydrogens (tertiary/aromatic N) is 1. The van der Waals surface area contributed by atoms with Gasteiger partial charge in [-0.2, -0.15) is 0 Å². The van der Waals surface area contributed by atoms with E-state index in [9.17, 15) is 5.11 Å². The Hall–Kier alpha value is -0.620. The van der Waals surface area contributed by atoms with E-state index in [1.54, 1.807) is 13.2 Å². The molecule has 0 unspecified atom stereocenters. The third-order valence-electron chi connectivity index (χ3n) is 2.25.